The van der Waals surface area contributed by atoms with Gasteiger partial charge in [-0.25, -0.2) is 4.79 Å². The van der Waals surface area contributed by atoms with Crippen molar-refractivity contribution in [3.05, 3.63) is 35.9 Å². The van der Waals surface area contributed by atoms with Crippen LogP contribution in [0.2, 0.25) is 0 Å². The lowest BCUT2D eigenvalue weighted by Gasteiger charge is -2.42. The molecule has 34 heavy (non-hydrogen) atoms. The zero-order valence-electron chi connectivity index (χ0n) is 21.4. The van der Waals surface area contributed by atoms with Crippen LogP contribution in [0, 0.1) is 11.8 Å². The molecule has 2 amide bonds. The number of carbonyl (C=O) groups is 2. The Morgan fingerprint density at radius 2 is 1.41 bits per heavy atom. The van der Waals surface area contributed by atoms with E-state index in [-0.39, 0.29) is 12.0 Å². The van der Waals surface area contributed by atoms with E-state index >= 15 is 0 Å². The second kappa shape index (κ2) is 11.1. The molecule has 1 aromatic rings. The summed E-state index contributed by atoms with van der Waals surface area (Å²) < 4.78 is 5.52. The molecule has 6 heteroatoms. The second-order valence-electron chi connectivity index (χ2n) is 11.5. The number of likely N-dealkylation sites (tertiary alicyclic amines) is 3. The largest absolute Gasteiger partial charge is 0.444 e. The normalized spacial score (nSPS) is 22.1. The Bertz CT molecular complexity index is 798. The van der Waals surface area contributed by atoms with E-state index in [1.807, 2.05) is 25.7 Å². The Kier molecular flexibility index (Phi) is 8.18. The molecule has 4 rings (SSSR count). The monoisotopic (exact) mass is 469 g/mol. The van der Waals surface area contributed by atoms with Gasteiger partial charge in [0, 0.05) is 38.1 Å². The number of hydrogen-bond acceptors (Lipinski definition) is 4. The average molecular weight is 470 g/mol. The molecule has 3 fully saturated rings. The van der Waals surface area contributed by atoms with Gasteiger partial charge >= 0.3 is 6.09 Å². The van der Waals surface area contributed by atoms with Gasteiger partial charge in [0.2, 0.25) is 5.91 Å². The summed E-state index contributed by atoms with van der Waals surface area (Å²) in [6.07, 6.45) is 7.10. The third kappa shape index (κ3) is 6.74. The minimum atomic E-state index is -0.445. The minimum absolute atomic E-state index is 0.184. The standard InChI is InChI=1S/C28H43N3O3/c1-28(2,3)34-27(33)31-19-13-25(14-20-31)29-17-11-24(12-18-29)26(32)30-15-9-23(10-16-30)21-22-7-5-4-6-8-22/h4-8,23-25H,9-21H2,1-3H3. The Morgan fingerprint density at radius 3 is 2.00 bits per heavy atom. The van der Waals surface area contributed by atoms with Crippen LogP contribution in [-0.4, -0.2) is 77.6 Å². The van der Waals surface area contributed by atoms with Gasteiger partial charge in [-0.3, -0.25) is 4.79 Å². The fourth-order valence-electron chi connectivity index (χ4n) is 5.81. The van der Waals surface area contributed by atoms with Crippen LogP contribution in [-0.2, 0) is 16.0 Å². The number of benzene rings is 1. The molecule has 0 aromatic heterocycles. The number of carbonyl (C=O) groups excluding carboxylic acids is 2. The molecule has 0 aliphatic carbocycles. The van der Waals surface area contributed by atoms with E-state index in [2.05, 4.69) is 40.1 Å². The van der Waals surface area contributed by atoms with E-state index in [9.17, 15) is 9.59 Å². The second-order valence-corrected chi connectivity index (χ2v) is 11.5. The van der Waals surface area contributed by atoms with Gasteiger partial charge < -0.3 is 19.4 Å². The van der Waals surface area contributed by atoms with Crippen LogP contribution in [0.5, 0.6) is 0 Å². The summed E-state index contributed by atoms with van der Waals surface area (Å²) in [6.45, 7) is 11.1. The van der Waals surface area contributed by atoms with Crippen molar-refractivity contribution in [3.63, 3.8) is 0 Å². The first-order chi connectivity index (χ1) is 16.3. The fraction of sp³-hybridized carbons (Fsp3) is 0.714. The molecule has 0 saturated carbocycles. The number of amides is 2. The Morgan fingerprint density at radius 1 is 0.824 bits per heavy atom. The van der Waals surface area contributed by atoms with Gasteiger partial charge in [0.1, 0.15) is 5.60 Å². The van der Waals surface area contributed by atoms with Crippen molar-refractivity contribution in [3.8, 4) is 0 Å². The number of hydrogen-bond donors (Lipinski definition) is 0. The third-order valence-corrected chi connectivity index (χ3v) is 7.80. The summed E-state index contributed by atoms with van der Waals surface area (Å²) in [6, 6.07) is 11.3. The van der Waals surface area contributed by atoms with Crippen molar-refractivity contribution in [1.82, 2.24) is 14.7 Å². The molecule has 6 nitrogen and oxygen atoms in total. The Hall–Kier alpha value is -2.08. The zero-order chi connectivity index (χ0) is 24.1. The summed E-state index contributed by atoms with van der Waals surface area (Å²) in [7, 11) is 0. The smallest absolute Gasteiger partial charge is 0.410 e. The van der Waals surface area contributed by atoms with Crippen LogP contribution >= 0.6 is 0 Å². The van der Waals surface area contributed by atoms with Crippen molar-refractivity contribution < 1.29 is 14.3 Å². The topological polar surface area (TPSA) is 53.1 Å². The van der Waals surface area contributed by atoms with Gasteiger partial charge in [0.05, 0.1) is 0 Å². The van der Waals surface area contributed by atoms with Crippen LogP contribution < -0.4 is 0 Å². The zero-order valence-corrected chi connectivity index (χ0v) is 21.4. The Balaban J connectivity index is 1.16. The molecule has 0 unspecified atom stereocenters. The summed E-state index contributed by atoms with van der Waals surface area (Å²) in [5.41, 5.74) is 0.969. The molecule has 0 spiro atoms. The molecule has 188 valence electrons. The predicted molar refractivity (Wildman–Crippen MR) is 135 cm³/mol. The molecule has 3 saturated heterocycles. The first-order valence-electron chi connectivity index (χ1n) is 13.3. The lowest BCUT2D eigenvalue weighted by atomic mass is 9.88. The SMILES string of the molecule is CC(C)(C)OC(=O)N1CCC(N2CCC(C(=O)N3CCC(Cc4ccccc4)CC3)CC2)CC1. The van der Waals surface area contributed by atoms with Crippen molar-refractivity contribution >= 4 is 12.0 Å². The maximum atomic E-state index is 13.2. The van der Waals surface area contributed by atoms with Crippen molar-refractivity contribution in [1.29, 1.82) is 0 Å². The van der Waals surface area contributed by atoms with E-state index < -0.39 is 5.60 Å². The van der Waals surface area contributed by atoms with Crippen molar-refractivity contribution in [2.24, 2.45) is 11.8 Å². The fourth-order valence-corrected chi connectivity index (χ4v) is 5.81. The van der Waals surface area contributed by atoms with Gasteiger partial charge in [-0.15, -0.1) is 0 Å². The molecule has 3 heterocycles. The van der Waals surface area contributed by atoms with E-state index in [0.717, 1.165) is 84.2 Å². The molecule has 0 N–H and O–H groups in total. The lowest BCUT2D eigenvalue weighted by Crippen LogP contribution is -2.51. The van der Waals surface area contributed by atoms with E-state index in [4.69, 9.17) is 4.74 Å². The summed E-state index contributed by atoms with van der Waals surface area (Å²) in [5.74, 6) is 1.26. The minimum Gasteiger partial charge on any atom is -0.444 e. The summed E-state index contributed by atoms with van der Waals surface area (Å²) in [5, 5.41) is 0. The molecular weight excluding hydrogens is 426 g/mol. The van der Waals surface area contributed by atoms with Crippen LogP contribution in [0.15, 0.2) is 30.3 Å². The molecule has 0 bridgehead atoms. The molecule has 1 aromatic carbocycles. The highest BCUT2D eigenvalue weighted by molar-refractivity contribution is 5.79. The molecule has 3 aliphatic heterocycles. The highest BCUT2D eigenvalue weighted by Crippen LogP contribution is 2.28. The van der Waals surface area contributed by atoms with Crippen LogP contribution in [0.4, 0.5) is 4.79 Å². The molecular formula is C28H43N3O3. The number of piperidine rings is 3. The lowest BCUT2D eigenvalue weighted by molar-refractivity contribution is -0.138. The highest BCUT2D eigenvalue weighted by Gasteiger charge is 2.35. The van der Waals surface area contributed by atoms with Gasteiger partial charge in [-0.1, -0.05) is 30.3 Å². The predicted octanol–water partition coefficient (Wildman–Crippen LogP) is 4.58. The van der Waals surface area contributed by atoms with E-state index in [1.54, 1.807) is 0 Å². The molecule has 0 radical (unpaired) electrons. The first kappa shape index (κ1) is 25.0. The number of rotatable bonds is 4. The summed E-state index contributed by atoms with van der Waals surface area (Å²) in [4.78, 5) is 32.1. The summed E-state index contributed by atoms with van der Waals surface area (Å²) >= 11 is 0. The van der Waals surface area contributed by atoms with E-state index in [1.165, 1.54) is 5.56 Å². The third-order valence-electron chi connectivity index (χ3n) is 7.80. The average Bonchev–Trinajstić information content (AvgIpc) is 2.84. The highest BCUT2D eigenvalue weighted by atomic mass is 16.6. The van der Waals surface area contributed by atoms with Crippen molar-refractivity contribution in [2.75, 3.05) is 39.3 Å². The van der Waals surface area contributed by atoms with Crippen LogP contribution in [0.25, 0.3) is 0 Å². The maximum Gasteiger partial charge on any atom is 0.410 e. The van der Waals surface area contributed by atoms with Gasteiger partial charge in [-0.05, 0) is 90.3 Å². The maximum absolute atomic E-state index is 13.2. The van der Waals surface area contributed by atoms with Crippen molar-refractivity contribution in [2.45, 2.75) is 77.4 Å². The molecule has 3 aliphatic rings. The van der Waals surface area contributed by atoms with Crippen LogP contribution in [0.3, 0.4) is 0 Å². The molecule has 0 atom stereocenters. The number of nitrogens with zero attached hydrogens (tertiary/aromatic N) is 3. The van der Waals surface area contributed by atoms with Crippen LogP contribution in [0.1, 0.15) is 64.9 Å². The van der Waals surface area contributed by atoms with Gasteiger partial charge in [0.15, 0.2) is 0 Å². The van der Waals surface area contributed by atoms with Gasteiger partial charge in [-0.2, -0.15) is 0 Å². The van der Waals surface area contributed by atoms with E-state index in [0.29, 0.717) is 17.9 Å². The quantitative estimate of drug-likeness (QED) is 0.648. The Labute approximate surface area is 205 Å². The van der Waals surface area contributed by atoms with Gasteiger partial charge in [0.25, 0.3) is 0 Å². The number of ether oxygens (including phenoxy) is 1. The first-order valence-corrected chi connectivity index (χ1v) is 13.3.